The molecule has 3 fully saturated rings. The van der Waals surface area contributed by atoms with Crippen molar-refractivity contribution in [3.63, 3.8) is 0 Å². The van der Waals surface area contributed by atoms with Gasteiger partial charge in [0, 0.05) is 12.1 Å². The first kappa shape index (κ1) is 15.1. The molecule has 4 atom stereocenters. The average molecular weight is 385 g/mol. The number of fused-ring (bicyclic) bond motifs is 2. The number of carbonyl (C=O) groups is 1. The van der Waals surface area contributed by atoms with Gasteiger partial charge in [-0.1, -0.05) is 0 Å². The second kappa shape index (κ2) is 5.58. The SMILES string of the molecule is O=C(O)N1[C@H]2CC[C@@H]1[C@@H](F)[C@@H](N(c1cnc(Br)cn1)C1CC1)C2. The number of rotatable bonds is 3. The molecule has 0 radical (unpaired) electrons. The summed E-state index contributed by atoms with van der Waals surface area (Å²) in [5.41, 5.74) is 0. The van der Waals surface area contributed by atoms with E-state index in [2.05, 4.69) is 30.8 Å². The minimum atomic E-state index is -1.18. The third-order valence-corrected chi connectivity index (χ3v) is 5.59. The number of piperidine rings is 1. The normalized spacial score (nSPS) is 32.9. The van der Waals surface area contributed by atoms with Crippen LogP contribution in [-0.2, 0) is 0 Å². The van der Waals surface area contributed by atoms with Crippen molar-refractivity contribution in [3.8, 4) is 0 Å². The number of carboxylic acid groups (broad SMARTS) is 1. The molecule has 1 amide bonds. The number of alkyl halides is 1. The molecule has 8 heteroatoms. The Balaban J connectivity index is 1.63. The zero-order valence-corrected chi connectivity index (χ0v) is 14.1. The lowest BCUT2D eigenvalue weighted by Gasteiger charge is -2.44. The minimum absolute atomic E-state index is 0.0841. The molecule has 0 spiro atoms. The fourth-order valence-corrected chi connectivity index (χ4v) is 4.31. The lowest BCUT2D eigenvalue weighted by Crippen LogP contribution is -2.60. The number of hydrogen-bond donors (Lipinski definition) is 1. The highest BCUT2D eigenvalue weighted by atomic mass is 79.9. The van der Waals surface area contributed by atoms with Crippen LogP contribution in [0.1, 0.15) is 32.1 Å². The summed E-state index contributed by atoms with van der Waals surface area (Å²) in [5.74, 6) is 0.687. The Kier molecular flexibility index (Phi) is 3.66. The minimum Gasteiger partial charge on any atom is -0.465 e. The van der Waals surface area contributed by atoms with Crippen LogP contribution in [0, 0.1) is 0 Å². The van der Waals surface area contributed by atoms with E-state index in [1.807, 2.05) is 0 Å². The van der Waals surface area contributed by atoms with E-state index < -0.39 is 18.3 Å². The Hall–Kier alpha value is -1.44. The first-order valence-electron chi connectivity index (χ1n) is 7.97. The lowest BCUT2D eigenvalue weighted by atomic mass is 9.94. The van der Waals surface area contributed by atoms with Crippen molar-refractivity contribution in [1.29, 1.82) is 0 Å². The molecule has 1 saturated carbocycles. The molecule has 1 aromatic heterocycles. The second-order valence-corrected chi connectivity index (χ2v) is 7.38. The highest BCUT2D eigenvalue weighted by molar-refractivity contribution is 9.10. The van der Waals surface area contributed by atoms with E-state index in [1.54, 1.807) is 12.4 Å². The van der Waals surface area contributed by atoms with Crippen LogP contribution in [0.5, 0.6) is 0 Å². The second-order valence-electron chi connectivity index (χ2n) is 6.57. The van der Waals surface area contributed by atoms with Gasteiger partial charge in [-0.15, -0.1) is 0 Å². The highest BCUT2D eigenvalue weighted by Crippen LogP contribution is 2.43. The summed E-state index contributed by atoms with van der Waals surface area (Å²) in [6.07, 6.45) is 5.05. The largest absolute Gasteiger partial charge is 0.465 e. The lowest BCUT2D eigenvalue weighted by molar-refractivity contribution is 0.0475. The van der Waals surface area contributed by atoms with Crippen LogP contribution in [0.25, 0.3) is 0 Å². The van der Waals surface area contributed by atoms with Gasteiger partial charge in [0.1, 0.15) is 16.6 Å². The molecule has 2 bridgehead atoms. The van der Waals surface area contributed by atoms with E-state index in [9.17, 15) is 9.90 Å². The predicted molar refractivity (Wildman–Crippen MR) is 85.2 cm³/mol. The van der Waals surface area contributed by atoms with Gasteiger partial charge in [0.2, 0.25) is 0 Å². The van der Waals surface area contributed by atoms with Gasteiger partial charge in [-0.05, 0) is 48.0 Å². The van der Waals surface area contributed by atoms with Gasteiger partial charge in [0.05, 0.1) is 24.5 Å². The molecular formula is C15H18BrFN4O2. The topological polar surface area (TPSA) is 69.6 Å². The van der Waals surface area contributed by atoms with Gasteiger partial charge in [0.15, 0.2) is 0 Å². The molecule has 4 rings (SSSR count). The van der Waals surface area contributed by atoms with Gasteiger partial charge in [0.25, 0.3) is 0 Å². The molecule has 124 valence electrons. The maximum Gasteiger partial charge on any atom is 0.407 e. The molecule has 2 aliphatic heterocycles. The average Bonchev–Trinajstić information content (AvgIpc) is 3.28. The Labute approximate surface area is 141 Å². The van der Waals surface area contributed by atoms with Crippen LogP contribution < -0.4 is 4.90 Å². The Morgan fingerprint density at radius 2 is 2.09 bits per heavy atom. The van der Waals surface area contributed by atoms with Crippen molar-refractivity contribution >= 4 is 27.8 Å². The number of nitrogens with zero attached hydrogens (tertiary/aromatic N) is 4. The number of aromatic nitrogens is 2. The van der Waals surface area contributed by atoms with Crippen LogP contribution in [0.2, 0.25) is 0 Å². The summed E-state index contributed by atoms with van der Waals surface area (Å²) in [6, 6.07) is -0.629. The van der Waals surface area contributed by atoms with E-state index in [0.717, 1.165) is 19.3 Å². The third kappa shape index (κ3) is 2.56. The van der Waals surface area contributed by atoms with Gasteiger partial charge >= 0.3 is 6.09 Å². The maximum absolute atomic E-state index is 15.1. The number of halogens is 2. The summed E-state index contributed by atoms with van der Waals surface area (Å²) >= 11 is 3.27. The first-order valence-corrected chi connectivity index (χ1v) is 8.77. The summed E-state index contributed by atoms with van der Waals surface area (Å²) < 4.78 is 15.8. The Bertz CT molecular complexity index is 612. The molecule has 6 nitrogen and oxygen atoms in total. The summed E-state index contributed by atoms with van der Waals surface area (Å²) in [6.45, 7) is 0. The maximum atomic E-state index is 15.1. The van der Waals surface area contributed by atoms with Crippen LogP contribution >= 0.6 is 15.9 Å². The summed E-state index contributed by atoms with van der Waals surface area (Å²) in [5, 5.41) is 9.35. The molecule has 0 aromatic carbocycles. The van der Waals surface area contributed by atoms with Crippen LogP contribution in [-0.4, -0.2) is 56.4 Å². The standard InChI is InChI=1S/C15H18BrFN4O2/c16-12-6-19-13(7-18-12)20(8-1-2-8)11-5-9-3-4-10(14(11)17)21(9)15(22)23/h6-11,14H,1-5H2,(H,22,23)/t9-,10+,11-,14+/m0/s1. The first-order chi connectivity index (χ1) is 11.1. The predicted octanol–water partition coefficient (Wildman–Crippen LogP) is 2.83. The quantitative estimate of drug-likeness (QED) is 0.867. The number of anilines is 1. The van der Waals surface area contributed by atoms with Crippen molar-refractivity contribution in [2.75, 3.05) is 4.90 Å². The smallest absolute Gasteiger partial charge is 0.407 e. The van der Waals surface area contributed by atoms with Gasteiger partial charge in [-0.2, -0.15) is 0 Å². The van der Waals surface area contributed by atoms with Crippen molar-refractivity contribution in [2.24, 2.45) is 0 Å². The van der Waals surface area contributed by atoms with Crippen molar-refractivity contribution in [3.05, 3.63) is 17.0 Å². The molecule has 2 saturated heterocycles. The molecule has 1 N–H and O–H groups in total. The molecule has 1 aliphatic carbocycles. The van der Waals surface area contributed by atoms with E-state index in [1.165, 1.54) is 4.90 Å². The fourth-order valence-electron chi connectivity index (χ4n) is 4.11. The number of amides is 1. The van der Waals surface area contributed by atoms with Crippen LogP contribution in [0.3, 0.4) is 0 Å². The Morgan fingerprint density at radius 1 is 1.30 bits per heavy atom. The molecule has 3 aliphatic rings. The van der Waals surface area contributed by atoms with E-state index in [0.29, 0.717) is 29.3 Å². The molecule has 23 heavy (non-hydrogen) atoms. The summed E-state index contributed by atoms with van der Waals surface area (Å²) in [4.78, 5) is 23.4. The monoisotopic (exact) mass is 384 g/mol. The molecule has 1 aromatic rings. The number of hydrogen-bond acceptors (Lipinski definition) is 4. The molecule has 3 heterocycles. The Morgan fingerprint density at radius 3 is 2.70 bits per heavy atom. The van der Waals surface area contributed by atoms with Crippen molar-refractivity contribution < 1.29 is 14.3 Å². The highest BCUT2D eigenvalue weighted by Gasteiger charge is 2.53. The fraction of sp³-hybridized carbons (Fsp3) is 0.667. The van der Waals surface area contributed by atoms with Crippen LogP contribution in [0.15, 0.2) is 17.0 Å². The van der Waals surface area contributed by atoms with Gasteiger partial charge in [-0.3, -0.25) is 4.90 Å². The van der Waals surface area contributed by atoms with E-state index >= 15 is 4.39 Å². The van der Waals surface area contributed by atoms with Gasteiger partial charge < -0.3 is 10.0 Å². The summed E-state index contributed by atoms with van der Waals surface area (Å²) in [7, 11) is 0. The van der Waals surface area contributed by atoms with E-state index in [-0.39, 0.29) is 12.1 Å². The van der Waals surface area contributed by atoms with Crippen molar-refractivity contribution in [2.45, 2.75) is 62.4 Å². The zero-order valence-electron chi connectivity index (χ0n) is 12.5. The zero-order chi connectivity index (χ0) is 16.1. The third-order valence-electron chi connectivity index (χ3n) is 5.18. The van der Waals surface area contributed by atoms with E-state index in [4.69, 9.17) is 0 Å². The van der Waals surface area contributed by atoms with Crippen LogP contribution in [0.4, 0.5) is 15.0 Å². The molecule has 0 unspecified atom stereocenters. The van der Waals surface area contributed by atoms with Gasteiger partial charge in [-0.25, -0.2) is 19.2 Å². The van der Waals surface area contributed by atoms with Crippen molar-refractivity contribution in [1.82, 2.24) is 14.9 Å². The molecular weight excluding hydrogens is 367 g/mol.